The number of hydrogen-bond donors (Lipinski definition) is 1. The van der Waals surface area contributed by atoms with Crippen LogP contribution in [0.5, 0.6) is 0 Å². The number of aromatic nitrogens is 6. The number of H-pyrrole nitrogens is 1. The number of aromatic amines is 1. The SMILES string of the molecule is O=C(c1cnccn1)N1CC[C@@H](n2c(=O)[nH]c3cncnc32)C1. The van der Waals surface area contributed by atoms with Gasteiger partial charge in [0.05, 0.1) is 18.4 Å². The van der Waals surface area contributed by atoms with Crippen molar-refractivity contribution >= 4 is 17.1 Å². The first-order chi connectivity index (χ1) is 11.2. The Bertz CT molecular complexity index is 918. The highest BCUT2D eigenvalue weighted by atomic mass is 16.2. The van der Waals surface area contributed by atoms with Gasteiger partial charge >= 0.3 is 5.69 Å². The second-order valence-electron chi connectivity index (χ2n) is 5.34. The van der Waals surface area contributed by atoms with Crippen LogP contribution >= 0.6 is 0 Å². The zero-order valence-corrected chi connectivity index (χ0v) is 12.1. The molecule has 0 spiro atoms. The number of fused-ring (bicyclic) bond motifs is 1. The Morgan fingerprint density at radius 3 is 2.96 bits per heavy atom. The molecule has 4 rings (SSSR count). The van der Waals surface area contributed by atoms with Crippen molar-refractivity contribution in [3.05, 3.63) is 47.3 Å². The standard InChI is InChI=1S/C14H13N7O2/c22-13(11-6-15-2-3-17-11)20-4-1-9(7-20)21-12-10(19-14(21)23)5-16-8-18-12/h2-3,5-6,8-9H,1,4,7H2,(H,19,23)/t9-/m1/s1. The van der Waals surface area contributed by atoms with Crippen molar-refractivity contribution in [2.24, 2.45) is 0 Å². The van der Waals surface area contributed by atoms with E-state index in [0.29, 0.717) is 36.4 Å². The molecule has 4 heterocycles. The summed E-state index contributed by atoms with van der Waals surface area (Å²) in [5, 5.41) is 0. The summed E-state index contributed by atoms with van der Waals surface area (Å²) in [6, 6.07) is -0.119. The van der Waals surface area contributed by atoms with Gasteiger partial charge in [-0.3, -0.25) is 14.3 Å². The van der Waals surface area contributed by atoms with Crippen molar-refractivity contribution in [1.82, 2.24) is 34.4 Å². The van der Waals surface area contributed by atoms with E-state index in [2.05, 4.69) is 24.9 Å². The van der Waals surface area contributed by atoms with Crippen LogP contribution in [0.2, 0.25) is 0 Å². The maximum atomic E-state index is 12.4. The highest BCUT2D eigenvalue weighted by molar-refractivity contribution is 5.92. The van der Waals surface area contributed by atoms with Crippen molar-refractivity contribution in [3.63, 3.8) is 0 Å². The van der Waals surface area contributed by atoms with Gasteiger partial charge in [0.25, 0.3) is 5.91 Å². The average Bonchev–Trinajstić information content (AvgIpc) is 3.18. The number of amides is 1. The molecule has 1 aliphatic heterocycles. The van der Waals surface area contributed by atoms with Gasteiger partial charge in [0, 0.05) is 25.5 Å². The molecule has 1 saturated heterocycles. The van der Waals surface area contributed by atoms with E-state index in [4.69, 9.17) is 0 Å². The van der Waals surface area contributed by atoms with Gasteiger partial charge in [-0.1, -0.05) is 0 Å². The molecule has 9 nitrogen and oxygen atoms in total. The molecule has 1 aliphatic rings. The van der Waals surface area contributed by atoms with Crippen LogP contribution in [0, 0.1) is 0 Å². The van der Waals surface area contributed by atoms with Crippen LogP contribution in [-0.4, -0.2) is 53.4 Å². The van der Waals surface area contributed by atoms with Gasteiger partial charge in [-0.25, -0.2) is 19.7 Å². The van der Waals surface area contributed by atoms with E-state index < -0.39 is 0 Å². The molecule has 0 aromatic carbocycles. The fourth-order valence-electron chi connectivity index (χ4n) is 2.92. The second kappa shape index (κ2) is 5.27. The Hall–Kier alpha value is -3.10. The summed E-state index contributed by atoms with van der Waals surface area (Å²) in [5.41, 5.74) is 1.22. The number of hydrogen-bond acceptors (Lipinski definition) is 6. The zero-order valence-electron chi connectivity index (χ0n) is 12.1. The monoisotopic (exact) mass is 311 g/mol. The van der Waals surface area contributed by atoms with E-state index >= 15 is 0 Å². The highest BCUT2D eigenvalue weighted by Gasteiger charge is 2.30. The summed E-state index contributed by atoms with van der Waals surface area (Å²) in [6.07, 6.45) is 8.11. The number of carbonyl (C=O) groups excluding carboxylic acids is 1. The van der Waals surface area contributed by atoms with Gasteiger partial charge in [0.15, 0.2) is 5.65 Å². The van der Waals surface area contributed by atoms with E-state index in [1.807, 2.05) is 0 Å². The Kier molecular flexibility index (Phi) is 3.11. The van der Waals surface area contributed by atoms with E-state index in [0.717, 1.165) is 0 Å². The molecule has 3 aromatic heterocycles. The van der Waals surface area contributed by atoms with Crippen LogP contribution in [0.3, 0.4) is 0 Å². The lowest BCUT2D eigenvalue weighted by atomic mass is 10.2. The number of likely N-dealkylation sites (tertiary alicyclic amines) is 1. The predicted molar refractivity (Wildman–Crippen MR) is 79.7 cm³/mol. The number of imidazole rings is 1. The molecular weight excluding hydrogens is 298 g/mol. The van der Waals surface area contributed by atoms with Crippen molar-refractivity contribution in [2.75, 3.05) is 13.1 Å². The first-order valence-corrected chi connectivity index (χ1v) is 7.19. The minimum Gasteiger partial charge on any atom is -0.335 e. The largest absolute Gasteiger partial charge is 0.335 e. The second-order valence-corrected chi connectivity index (χ2v) is 5.34. The van der Waals surface area contributed by atoms with Crippen LogP contribution in [-0.2, 0) is 0 Å². The van der Waals surface area contributed by atoms with Crippen LogP contribution in [0.1, 0.15) is 23.0 Å². The molecule has 23 heavy (non-hydrogen) atoms. The fraction of sp³-hybridized carbons (Fsp3) is 0.286. The number of nitrogens with one attached hydrogen (secondary N) is 1. The third kappa shape index (κ3) is 2.26. The van der Waals surface area contributed by atoms with E-state index in [-0.39, 0.29) is 17.6 Å². The molecule has 0 aliphatic carbocycles. The number of rotatable bonds is 2. The predicted octanol–water partition coefficient (Wildman–Crippen LogP) is -0.00320. The fourth-order valence-corrected chi connectivity index (χ4v) is 2.92. The number of carbonyl (C=O) groups is 1. The lowest BCUT2D eigenvalue weighted by molar-refractivity contribution is 0.0781. The van der Waals surface area contributed by atoms with Crippen molar-refractivity contribution in [1.29, 1.82) is 0 Å². The van der Waals surface area contributed by atoms with Crippen LogP contribution in [0.4, 0.5) is 0 Å². The van der Waals surface area contributed by atoms with Crippen LogP contribution in [0.15, 0.2) is 35.9 Å². The van der Waals surface area contributed by atoms with Crippen molar-refractivity contribution in [2.45, 2.75) is 12.5 Å². The summed E-state index contributed by atoms with van der Waals surface area (Å²) in [4.78, 5) is 45.0. The molecule has 1 fully saturated rings. The lowest BCUT2D eigenvalue weighted by Crippen LogP contribution is -2.31. The van der Waals surface area contributed by atoms with Gasteiger partial charge < -0.3 is 9.88 Å². The maximum Gasteiger partial charge on any atom is 0.328 e. The molecule has 0 radical (unpaired) electrons. The van der Waals surface area contributed by atoms with Crippen molar-refractivity contribution < 1.29 is 4.79 Å². The third-order valence-corrected chi connectivity index (χ3v) is 3.98. The molecule has 116 valence electrons. The Morgan fingerprint density at radius 2 is 2.13 bits per heavy atom. The molecule has 0 unspecified atom stereocenters. The van der Waals surface area contributed by atoms with Crippen molar-refractivity contribution in [3.8, 4) is 0 Å². The molecular formula is C14H13N7O2. The molecule has 1 amide bonds. The summed E-state index contributed by atoms with van der Waals surface area (Å²) in [5.74, 6) is -0.178. The molecule has 0 saturated carbocycles. The Labute approximate surface area is 130 Å². The van der Waals surface area contributed by atoms with Gasteiger partial charge in [-0.15, -0.1) is 0 Å². The molecule has 1 N–H and O–H groups in total. The van der Waals surface area contributed by atoms with Gasteiger partial charge in [-0.2, -0.15) is 0 Å². The van der Waals surface area contributed by atoms with Gasteiger partial charge in [-0.05, 0) is 6.42 Å². The first-order valence-electron chi connectivity index (χ1n) is 7.19. The smallest absolute Gasteiger partial charge is 0.328 e. The maximum absolute atomic E-state index is 12.4. The summed E-state index contributed by atoms with van der Waals surface area (Å²) in [7, 11) is 0. The molecule has 3 aromatic rings. The third-order valence-electron chi connectivity index (χ3n) is 3.98. The Balaban J connectivity index is 1.62. The Morgan fingerprint density at radius 1 is 1.22 bits per heavy atom. The zero-order chi connectivity index (χ0) is 15.8. The summed E-state index contributed by atoms with van der Waals surface area (Å²) >= 11 is 0. The lowest BCUT2D eigenvalue weighted by Gasteiger charge is -2.16. The normalized spacial score (nSPS) is 17.7. The minimum atomic E-state index is -0.237. The number of nitrogens with zero attached hydrogens (tertiary/aromatic N) is 6. The summed E-state index contributed by atoms with van der Waals surface area (Å²) < 4.78 is 1.60. The quantitative estimate of drug-likeness (QED) is 0.713. The van der Waals surface area contributed by atoms with Gasteiger partial charge in [0.2, 0.25) is 0 Å². The summed E-state index contributed by atoms with van der Waals surface area (Å²) in [6.45, 7) is 0.997. The topological polar surface area (TPSA) is 110 Å². The average molecular weight is 311 g/mol. The molecule has 9 heteroatoms. The van der Waals surface area contributed by atoms with E-state index in [1.54, 1.807) is 15.7 Å². The molecule has 0 bridgehead atoms. The minimum absolute atomic E-state index is 0.119. The van der Waals surface area contributed by atoms with E-state index in [9.17, 15) is 9.59 Å². The first kappa shape index (κ1) is 13.6. The van der Waals surface area contributed by atoms with Crippen LogP contribution in [0.25, 0.3) is 11.2 Å². The van der Waals surface area contributed by atoms with E-state index in [1.165, 1.54) is 24.9 Å². The van der Waals surface area contributed by atoms with Crippen LogP contribution < -0.4 is 5.69 Å². The highest BCUT2D eigenvalue weighted by Crippen LogP contribution is 2.23. The molecule has 1 atom stereocenters. The van der Waals surface area contributed by atoms with Gasteiger partial charge in [0.1, 0.15) is 17.5 Å².